The number of aryl methyl sites for hydroxylation is 1. The maximum Gasteiger partial charge on any atom is 0.335 e. The molecule has 0 fully saturated rings. The minimum atomic E-state index is -0.942. The number of thioether (sulfide) groups is 1. The van der Waals surface area contributed by atoms with Crippen LogP contribution in [0.5, 0.6) is 0 Å². The van der Waals surface area contributed by atoms with E-state index in [2.05, 4.69) is 4.98 Å². The summed E-state index contributed by atoms with van der Waals surface area (Å²) in [5.74, 6) is 1.43. The van der Waals surface area contributed by atoms with Gasteiger partial charge in [0.1, 0.15) is 11.5 Å². The van der Waals surface area contributed by atoms with E-state index in [1.165, 1.54) is 24.0 Å². The fourth-order valence-corrected chi connectivity index (χ4v) is 2.12. The van der Waals surface area contributed by atoms with Gasteiger partial charge in [-0.2, -0.15) is 0 Å². The van der Waals surface area contributed by atoms with Crippen LogP contribution in [0.25, 0.3) is 0 Å². The van der Waals surface area contributed by atoms with Crippen molar-refractivity contribution in [1.82, 2.24) is 4.98 Å². The lowest BCUT2D eigenvalue weighted by atomic mass is 10.3. The number of aromatic nitrogens is 1. The molecule has 5 heteroatoms. The van der Waals surface area contributed by atoms with Crippen LogP contribution in [0.1, 0.15) is 21.9 Å². The lowest BCUT2D eigenvalue weighted by Crippen LogP contribution is -1.96. The van der Waals surface area contributed by atoms with Crippen LogP contribution in [0.3, 0.4) is 0 Å². The van der Waals surface area contributed by atoms with Crippen LogP contribution in [0, 0.1) is 6.92 Å². The van der Waals surface area contributed by atoms with Crippen molar-refractivity contribution in [1.29, 1.82) is 0 Å². The topological polar surface area (TPSA) is 63.3 Å². The number of carboxylic acids is 1. The summed E-state index contributed by atoms with van der Waals surface area (Å²) in [5.41, 5.74) is 0.248. The highest BCUT2D eigenvalue weighted by Gasteiger charge is 2.06. The zero-order valence-corrected chi connectivity index (χ0v) is 10.0. The first-order valence-corrected chi connectivity index (χ1v) is 6.01. The number of nitrogens with zero attached hydrogens (tertiary/aromatic N) is 1. The molecular weight excluding hydrogens is 238 g/mol. The molecule has 0 aliphatic heterocycles. The highest BCUT2D eigenvalue weighted by molar-refractivity contribution is 7.98. The Morgan fingerprint density at radius 1 is 1.47 bits per heavy atom. The number of hydrogen-bond acceptors (Lipinski definition) is 4. The average Bonchev–Trinajstić information content (AvgIpc) is 2.73. The van der Waals surface area contributed by atoms with Gasteiger partial charge in [0.15, 0.2) is 0 Å². The zero-order valence-electron chi connectivity index (χ0n) is 9.21. The first-order chi connectivity index (χ1) is 8.15. The lowest BCUT2D eigenvalue weighted by Gasteiger charge is -2.00. The van der Waals surface area contributed by atoms with Crippen molar-refractivity contribution in [3.8, 4) is 0 Å². The summed E-state index contributed by atoms with van der Waals surface area (Å²) < 4.78 is 5.42. The standard InChI is InChI=1S/C12H11NO3S/c1-8-2-3-10(16-8)7-17-11-6-9(12(14)15)4-5-13-11/h2-6H,7H2,1H3,(H,14,15). The highest BCUT2D eigenvalue weighted by Crippen LogP contribution is 2.22. The van der Waals surface area contributed by atoms with Crippen LogP contribution < -0.4 is 0 Å². The number of aromatic carboxylic acids is 1. The molecule has 0 unspecified atom stereocenters. The number of furan rings is 1. The molecule has 2 rings (SSSR count). The molecule has 17 heavy (non-hydrogen) atoms. The zero-order chi connectivity index (χ0) is 12.3. The van der Waals surface area contributed by atoms with Crippen molar-refractivity contribution in [2.45, 2.75) is 17.7 Å². The Morgan fingerprint density at radius 2 is 2.29 bits per heavy atom. The summed E-state index contributed by atoms with van der Waals surface area (Å²) in [7, 11) is 0. The summed E-state index contributed by atoms with van der Waals surface area (Å²) in [6.45, 7) is 1.89. The van der Waals surface area contributed by atoms with E-state index < -0.39 is 5.97 Å². The molecule has 0 radical (unpaired) electrons. The molecule has 4 nitrogen and oxygen atoms in total. The monoisotopic (exact) mass is 249 g/mol. The van der Waals surface area contributed by atoms with Crippen LogP contribution in [0.4, 0.5) is 0 Å². The molecule has 2 heterocycles. The Morgan fingerprint density at radius 3 is 2.94 bits per heavy atom. The summed E-state index contributed by atoms with van der Waals surface area (Å²) in [5, 5.41) is 9.52. The molecular formula is C12H11NO3S. The maximum absolute atomic E-state index is 10.8. The number of rotatable bonds is 4. The second kappa shape index (κ2) is 5.05. The molecule has 0 amide bonds. The van der Waals surface area contributed by atoms with Crippen LogP contribution in [0.15, 0.2) is 39.9 Å². The Hall–Kier alpha value is -1.75. The third-order valence-corrected chi connectivity index (χ3v) is 3.09. The molecule has 1 N–H and O–H groups in total. The third-order valence-electron chi connectivity index (χ3n) is 2.14. The van der Waals surface area contributed by atoms with Gasteiger partial charge in [-0.15, -0.1) is 0 Å². The predicted octanol–water partition coefficient (Wildman–Crippen LogP) is 2.97. The number of carboxylic acid groups (broad SMARTS) is 1. The molecule has 0 aliphatic carbocycles. The third kappa shape index (κ3) is 3.10. The predicted molar refractivity (Wildman–Crippen MR) is 64.2 cm³/mol. The van der Waals surface area contributed by atoms with Gasteiger partial charge >= 0.3 is 5.97 Å². The number of pyridine rings is 1. The van der Waals surface area contributed by atoms with E-state index in [-0.39, 0.29) is 5.56 Å². The van der Waals surface area contributed by atoms with Gasteiger partial charge in [-0.05, 0) is 31.2 Å². The summed E-state index contributed by atoms with van der Waals surface area (Å²) in [6.07, 6.45) is 1.50. The first-order valence-electron chi connectivity index (χ1n) is 5.02. The minimum Gasteiger partial charge on any atom is -0.478 e. The average molecular weight is 249 g/mol. The van der Waals surface area contributed by atoms with Crippen LogP contribution in [-0.4, -0.2) is 16.1 Å². The van der Waals surface area contributed by atoms with Crippen molar-refractivity contribution >= 4 is 17.7 Å². The molecule has 0 atom stereocenters. The van der Waals surface area contributed by atoms with E-state index in [1.807, 2.05) is 19.1 Å². The molecule has 0 spiro atoms. The molecule has 0 aromatic carbocycles. The molecule has 0 bridgehead atoms. The second-order valence-electron chi connectivity index (χ2n) is 3.49. The molecule has 0 saturated carbocycles. The van der Waals surface area contributed by atoms with Gasteiger partial charge in [0.2, 0.25) is 0 Å². The van der Waals surface area contributed by atoms with E-state index >= 15 is 0 Å². The van der Waals surface area contributed by atoms with E-state index in [1.54, 1.807) is 6.07 Å². The van der Waals surface area contributed by atoms with Gasteiger partial charge in [-0.25, -0.2) is 9.78 Å². The van der Waals surface area contributed by atoms with Gasteiger partial charge in [0.05, 0.1) is 16.3 Å². The molecule has 88 valence electrons. The van der Waals surface area contributed by atoms with E-state index in [0.29, 0.717) is 10.8 Å². The van der Waals surface area contributed by atoms with E-state index in [9.17, 15) is 4.79 Å². The Balaban J connectivity index is 2.04. The maximum atomic E-state index is 10.8. The van der Waals surface area contributed by atoms with Crippen molar-refractivity contribution in [2.24, 2.45) is 0 Å². The molecule has 0 saturated heterocycles. The molecule has 2 aromatic heterocycles. The number of hydrogen-bond donors (Lipinski definition) is 1. The first kappa shape index (κ1) is 11.7. The summed E-state index contributed by atoms with van der Waals surface area (Å²) in [6, 6.07) is 6.84. The smallest absolute Gasteiger partial charge is 0.335 e. The van der Waals surface area contributed by atoms with Gasteiger partial charge in [0, 0.05) is 6.20 Å². The van der Waals surface area contributed by atoms with Gasteiger partial charge < -0.3 is 9.52 Å². The Labute approximate surface area is 103 Å². The van der Waals surface area contributed by atoms with Crippen molar-refractivity contribution in [3.63, 3.8) is 0 Å². The molecule has 0 aliphatic rings. The second-order valence-corrected chi connectivity index (χ2v) is 4.48. The fourth-order valence-electron chi connectivity index (χ4n) is 1.33. The quantitative estimate of drug-likeness (QED) is 0.844. The largest absolute Gasteiger partial charge is 0.478 e. The van der Waals surface area contributed by atoms with E-state index in [4.69, 9.17) is 9.52 Å². The SMILES string of the molecule is Cc1ccc(CSc2cc(C(=O)O)ccn2)o1. The van der Waals surface area contributed by atoms with E-state index in [0.717, 1.165) is 11.5 Å². The number of carbonyl (C=O) groups is 1. The van der Waals surface area contributed by atoms with Gasteiger partial charge in [-0.1, -0.05) is 11.8 Å². The lowest BCUT2D eigenvalue weighted by molar-refractivity contribution is 0.0696. The van der Waals surface area contributed by atoms with Gasteiger partial charge in [-0.3, -0.25) is 0 Å². The summed E-state index contributed by atoms with van der Waals surface area (Å²) in [4.78, 5) is 14.9. The van der Waals surface area contributed by atoms with Gasteiger partial charge in [0.25, 0.3) is 0 Å². The molecule has 2 aromatic rings. The minimum absolute atomic E-state index is 0.248. The Kier molecular flexibility index (Phi) is 3.49. The van der Waals surface area contributed by atoms with Crippen LogP contribution in [-0.2, 0) is 5.75 Å². The van der Waals surface area contributed by atoms with Crippen LogP contribution in [0.2, 0.25) is 0 Å². The van der Waals surface area contributed by atoms with Crippen molar-refractivity contribution in [2.75, 3.05) is 0 Å². The Bertz CT molecular complexity index is 536. The van der Waals surface area contributed by atoms with Crippen molar-refractivity contribution in [3.05, 3.63) is 47.5 Å². The fraction of sp³-hybridized carbons (Fsp3) is 0.167. The highest BCUT2D eigenvalue weighted by atomic mass is 32.2. The van der Waals surface area contributed by atoms with Crippen LogP contribution >= 0.6 is 11.8 Å². The van der Waals surface area contributed by atoms with Crippen molar-refractivity contribution < 1.29 is 14.3 Å². The summed E-state index contributed by atoms with van der Waals surface area (Å²) >= 11 is 1.45. The normalized spacial score (nSPS) is 10.4.